The largest absolute Gasteiger partial charge is 0.477 e. The van der Waals surface area contributed by atoms with E-state index in [0.29, 0.717) is 15.8 Å². The van der Waals surface area contributed by atoms with E-state index >= 15 is 0 Å². The molecule has 1 aromatic rings. The molecule has 1 rings (SSSR count). The summed E-state index contributed by atoms with van der Waals surface area (Å²) in [5, 5.41) is 0.260. The summed E-state index contributed by atoms with van der Waals surface area (Å²) >= 11 is 17.0. The molecular formula is C10H9Cl3O2. The summed E-state index contributed by atoms with van der Waals surface area (Å²) in [6, 6.07) is 4.76. The molecule has 5 heteroatoms. The summed E-state index contributed by atoms with van der Waals surface area (Å²) in [6.45, 7) is 3.11. The molecule has 0 bridgehead atoms. The van der Waals surface area contributed by atoms with Gasteiger partial charge in [0, 0.05) is 11.1 Å². The van der Waals surface area contributed by atoms with Crippen LogP contribution in [-0.2, 0) is 4.79 Å². The molecule has 1 aromatic carbocycles. The zero-order chi connectivity index (χ0) is 11.6. The van der Waals surface area contributed by atoms with Gasteiger partial charge in [0.2, 0.25) is 0 Å². The molecule has 0 saturated heterocycles. The molecule has 0 unspecified atom stereocenters. The van der Waals surface area contributed by atoms with E-state index in [0.717, 1.165) is 0 Å². The molecular weight excluding hydrogens is 258 g/mol. The van der Waals surface area contributed by atoms with Gasteiger partial charge in [0.1, 0.15) is 5.75 Å². The van der Waals surface area contributed by atoms with Crippen molar-refractivity contribution in [2.75, 3.05) is 0 Å². The van der Waals surface area contributed by atoms with E-state index in [1.807, 2.05) is 0 Å². The predicted octanol–water partition coefficient (Wildman–Crippen LogP) is 3.92. The second kappa shape index (κ2) is 4.60. The average Bonchev–Trinajstić information content (AvgIpc) is 2.10. The normalized spacial score (nSPS) is 11.3. The zero-order valence-corrected chi connectivity index (χ0v) is 10.5. The predicted molar refractivity (Wildman–Crippen MR) is 62.0 cm³/mol. The lowest BCUT2D eigenvalue weighted by atomic mass is 10.1. The van der Waals surface area contributed by atoms with Crippen molar-refractivity contribution in [3.63, 3.8) is 0 Å². The van der Waals surface area contributed by atoms with Gasteiger partial charge < -0.3 is 4.74 Å². The van der Waals surface area contributed by atoms with E-state index < -0.39 is 10.8 Å². The molecule has 0 aliphatic carbocycles. The van der Waals surface area contributed by atoms with Crippen LogP contribution in [-0.4, -0.2) is 10.8 Å². The minimum Gasteiger partial charge on any atom is -0.477 e. The van der Waals surface area contributed by atoms with E-state index in [1.165, 1.54) is 6.07 Å². The van der Waals surface area contributed by atoms with Gasteiger partial charge in [-0.05, 0) is 37.6 Å². The maximum Gasteiger partial charge on any atom is 0.264 e. The third-order valence-corrected chi connectivity index (χ3v) is 2.73. The molecule has 0 aliphatic heterocycles. The molecule has 2 nitrogen and oxygen atoms in total. The molecule has 0 radical (unpaired) electrons. The maximum atomic E-state index is 11.0. The number of hydrogen-bond acceptors (Lipinski definition) is 2. The Hall–Kier alpha value is -0.440. The molecule has 0 aliphatic rings. The van der Waals surface area contributed by atoms with E-state index in [-0.39, 0.29) is 0 Å². The summed E-state index contributed by atoms with van der Waals surface area (Å²) in [5.74, 6) is 0.336. The Balaban J connectivity index is 2.99. The lowest BCUT2D eigenvalue weighted by Gasteiger charge is -2.22. The first-order valence-corrected chi connectivity index (χ1v) is 5.30. The summed E-state index contributed by atoms with van der Waals surface area (Å²) < 4.78 is 5.38. The first kappa shape index (κ1) is 12.6. The molecule has 82 valence electrons. The van der Waals surface area contributed by atoms with Crippen LogP contribution in [0.25, 0.3) is 0 Å². The van der Waals surface area contributed by atoms with Gasteiger partial charge in [-0.3, -0.25) is 4.79 Å². The Morgan fingerprint density at radius 1 is 1.33 bits per heavy atom. The lowest BCUT2D eigenvalue weighted by molar-refractivity contribution is -0.123. The van der Waals surface area contributed by atoms with Crippen LogP contribution < -0.4 is 4.74 Å². The quantitative estimate of drug-likeness (QED) is 0.776. The van der Waals surface area contributed by atoms with Crippen molar-refractivity contribution in [1.29, 1.82) is 0 Å². The van der Waals surface area contributed by atoms with Gasteiger partial charge in [-0.15, -0.1) is 0 Å². The van der Waals surface area contributed by atoms with Crippen molar-refractivity contribution in [2.24, 2.45) is 0 Å². The van der Waals surface area contributed by atoms with Gasteiger partial charge in [0.25, 0.3) is 5.24 Å². The number of rotatable bonds is 3. The van der Waals surface area contributed by atoms with Crippen molar-refractivity contribution < 1.29 is 9.53 Å². The lowest BCUT2D eigenvalue weighted by Crippen LogP contribution is -2.35. The van der Waals surface area contributed by atoms with Gasteiger partial charge in [-0.1, -0.05) is 23.2 Å². The Labute approximate surface area is 103 Å². The van der Waals surface area contributed by atoms with Crippen molar-refractivity contribution in [2.45, 2.75) is 19.4 Å². The maximum absolute atomic E-state index is 11.0. The highest BCUT2D eigenvalue weighted by molar-refractivity contribution is 6.65. The van der Waals surface area contributed by atoms with Gasteiger partial charge in [-0.25, -0.2) is 0 Å². The third-order valence-electron chi connectivity index (χ3n) is 1.73. The highest BCUT2D eigenvalue weighted by Crippen LogP contribution is 2.31. The van der Waals surface area contributed by atoms with Crippen molar-refractivity contribution >= 4 is 40.0 Å². The molecule has 0 heterocycles. The fourth-order valence-corrected chi connectivity index (χ4v) is 1.23. The Morgan fingerprint density at radius 2 is 1.93 bits per heavy atom. The van der Waals surface area contributed by atoms with Crippen molar-refractivity contribution in [1.82, 2.24) is 0 Å². The fraction of sp³-hybridized carbons (Fsp3) is 0.300. The number of halogens is 3. The van der Waals surface area contributed by atoms with Gasteiger partial charge >= 0.3 is 0 Å². The molecule has 0 N–H and O–H groups in total. The molecule has 15 heavy (non-hydrogen) atoms. The second-order valence-electron chi connectivity index (χ2n) is 3.46. The SMILES string of the molecule is CC(C)(Oc1cc(Cl)ccc1Cl)C(=O)Cl. The van der Waals surface area contributed by atoms with Gasteiger partial charge in [0.05, 0.1) is 5.02 Å². The number of ether oxygens (including phenoxy) is 1. The number of carbonyl (C=O) groups excluding carboxylic acids is 1. The molecule has 0 saturated carbocycles. The van der Waals surface area contributed by atoms with Crippen LogP contribution >= 0.6 is 34.8 Å². The summed E-state index contributed by atoms with van der Waals surface area (Å²) in [6.07, 6.45) is 0. The molecule has 0 atom stereocenters. The summed E-state index contributed by atoms with van der Waals surface area (Å²) in [5.41, 5.74) is -1.13. The minimum atomic E-state index is -1.13. The van der Waals surface area contributed by atoms with E-state index in [9.17, 15) is 4.79 Å². The van der Waals surface area contributed by atoms with Crippen LogP contribution in [0.2, 0.25) is 10.0 Å². The van der Waals surface area contributed by atoms with Gasteiger partial charge in [0.15, 0.2) is 5.60 Å². The molecule has 0 fully saturated rings. The van der Waals surface area contributed by atoms with Crippen LogP contribution in [0.5, 0.6) is 5.75 Å². The fourth-order valence-electron chi connectivity index (χ4n) is 0.870. The minimum absolute atomic E-state index is 0.336. The number of benzene rings is 1. The van der Waals surface area contributed by atoms with E-state index in [4.69, 9.17) is 39.5 Å². The van der Waals surface area contributed by atoms with Crippen LogP contribution in [0, 0.1) is 0 Å². The number of hydrogen-bond donors (Lipinski definition) is 0. The second-order valence-corrected chi connectivity index (χ2v) is 4.65. The van der Waals surface area contributed by atoms with E-state index in [2.05, 4.69) is 0 Å². The standard InChI is InChI=1S/C10H9Cl3O2/c1-10(2,9(13)14)15-8-5-6(11)3-4-7(8)12/h3-5H,1-2H3. The van der Waals surface area contributed by atoms with Crippen LogP contribution in [0.4, 0.5) is 0 Å². The first-order chi connectivity index (χ1) is 6.83. The Morgan fingerprint density at radius 3 is 2.47 bits per heavy atom. The van der Waals surface area contributed by atoms with Crippen molar-refractivity contribution in [3.05, 3.63) is 28.2 Å². The highest BCUT2D eigenvalue weighted by atomic mass is 35.5. The Bertz CT molecular complexity index is 388. The summed E-state index contributed by atoms with van der Waals surface area (Å²) in [7, 11) is 0. The topological polar surface area (TPSA) is 26.3 Å². The Kier molecular flexibility index (Phi) is 3.87. The third kappa shape index (κ3) is 3.26. The monoisotopic (exact) mass is 266 g/mol. The summed E-state index contributed by atoms with van der Waals surface area (Å²) in [4.78, 5) is 11.0. The molecule has 0 spiro atoms. The van der Waals surface area contributed by atoms with Crippen LogP contribution in [0.1, 0.15) is 13.8 Å². The zero-order valence-electron chi connectivity index (χ0n) is 8.18. The van der Waals surface area contributed by atoms with Crippen LogP contribution in [0.3, 0.4) is 0 Å². The van der Waals surface area contributed by atoms with Crippen LogP contribution in [0.15, 0.2) is 18.2 Å². The smallest absolute Gasteiger partial charge is 0.264 e. The van der Waals surface area contributed by atoms with E-state index in [1.54, 1.807) is 26.0 Å². The molecule has 0 aromatic heterocycles. The molecule has 0 amide bonds. The van der Waals surface area contributed by atoms with Gasteiger partial charge in [-0.2, -0.15) is 0 Å². The highest BCUT2D eigenvalue weighted by Gasteiger charge is 2.28. The number of carbonyl (C=O) groups is 1. The van der Waals surface area contributed by atoms with Crippen molar-refractivity contribution in [3.8, 4) is 5.75 Å². The average molecular weight is 268 g/mol. The first-order valence-electron chi connectivity index (χ1n) is 4.17.